The normalized spacial score (nSPS) is 23.5. The van der Waals surface area contributed by atoms with E-state index < -0.39 is 0 Å². The van der Waals surface area contributed by atoms with E-state index in [-0.39, 0.29) is 0 Å². The molecule has 0 saturated carbocycles. The van der Waals surface area contributed by atoms with Gasteiger partial charge in [-0.3, -0.25) is 0 Å². The second-order valence-electron chi connectivity index (χ2n) is 4.75. The van der Waals surface area contributed by atoms with Crippen LogP contribution in [0.4, 0.5) is 0 Å². The summed E-state index contributed by atoms with van der Waals surface area (Å²) in [7, 11) is 0. The van der Waals surface area contributed by atoms with Crippen molar-refractivity contribution in [3.05, 3.63) is 23.3 Å². The third-order valence-electron chi connectivity index (χ3n) is 3.19. The Bertz CT molecular complexity index is 412. The SMILES string of the molecule is CCNCc1cc(C)nc(C2SCCSC2CC)n1. The van der Waals surface area contributed by atoms with Gasteiger partial charge in [0.1, 0.15) is 5.82 Å². The first-order chi connectivity index (χ1) is 9.24. The van der Waals surface area contributed by atoms with Crippen molar-refractivity contribution in [1.29, 1.82) is 0 Å². The van der Waals surface area contributed by atoms with Gasteiger partial charge in [0, 0.05) is 29.0 Å². The molecule has 0 bridgehead atoms. The molecule has 0 radical (unpaired) electrons. The van der Waals surface area contributed by atoms with E-state index in [2.05, 4.69) is 43.9 Å². The third-order valence-corrected chi connectivity index (χ3v) is 6.43. The van der Waals surface area contributed by atoms with Crippen molar-refractivity contribution in [2.45, 2.75) is 44.2 Å². The van der Waals surface area contributed by atoms with Gasteiger partial charge in [-0.25, -0.2) is 9.97 Å². The molecule has 19 heavy (non-hydrogen) atoms. The Morgan fingerprint density at radius 1 is 1.26 bits per heavy atom. The van der Waals surface area contributed by atoms with Crippen molar-refractivity contribution < 1.29 is 0 Å². The number of nitrogens with one attached hydrogen (secondary N) is 1. The second kappa shape index (κ2) is 7.50. The van der Waals surface area contributed by atoms with E-state index in [0.29, 0.717) is 10.5 Å². The van der Waals surface area contributed by atoms with Crippen molar-refractivity contribution in [3.8, 4) is 0 Å². The maximum Gasteiger partial charge on any atom is 0.142 e. The molecule has 1 N–H and O–H groups in total. The molecule has 2 heterocycles. The summed E-state index contributed by atoms with van der Waals surface area (Å²) in [5.41, 5.74) is 2.21. The number of hydrogen-bond donors (Lipinski definition) is 1. The highest BCUT2D eigenvalue weighted by molar-refractivity contribution is 8.06. The van der Waals surface area contributed by atoms with Crippen LogP contribution in [0.25, 0.3) is 0 Å². The van der Waals surface area contributed by atoms with Crippen LogP contribution in [0, 0.1) is 6.92 Å². The van der Waals surface area contributed by atoms with Crippen LogP contribution in [0.5, 0.6) is 0 Å². The third kappa shape index (κ3) is 4.10. The molecule has 1 fully saturated rings. The highest BCUT2D eigenvalue weighted by Gasteiger charge is 2.28. The molecule has 106 valence electrons. The average Bonchev–Trinajstić information content (AvgIpc) is 2.44. The fourth-order valence-corrected chi connectivity index (χ4v) is 5.26. The molecule has 0 amide bonds. The van der Waals surface area contributed by atoms with Crippen molar-refractivity contribution >= 4 is 23.5 Å². The molecule has 2 unspecified atom stereocenters. The first kappa shape index (κ1) is 15.1. The summed E-state index contributed by atoms with van der Waals surface area (Å²) < 4.78 is 0. The number of rotatable bonds is 5. The zero-order valence-corrected chi connectivity index (χ0v) is 13.6. The first-order valence-electron chi connectivity index (χ1n) is 7.03. The molecule has 2 rings (SSSR count). The molecule has 2 atom stereocenters. The summed E-state index contributed by atoms with van der Waals surface area (Å²) in [6.45, 7) is 8.28. The van der Waals surface area contributed by atoms with Gasteiger partial charge in [-0.05, 0) is 26.0 Å². The monoisotopic (exact) mass is 297 g/mol. The standard InChI is InChI=1S/C14H23N3S2/c1-4-12-13(19-7-6-18-12)14-16-10(3)8-11(17-14)9-15-5-2/h8,12-13,15H,4-7,9H2,1-3H3. The van der Waals surface area contributed by atoms with Crippen LogP contribution >= 0.6 is 23.5 Å². The predicted molar refractivity (Wildman–Crippen MR) is 85.9 cm³/mol. The zero-order chi connectivity index (χ0) is 13.7. The fraction of sp³-hybridized carbons (Fsp3) is 0.714. The molecule has 0 spiro atoms. The Hall–Kier alpha value is -0.260. The summed E-state index contributed by atoms with van der Waals surface area (Å²) in [6, 6.07) is 2.09. The largest absolute Gasteiger partial charge is 0.311 e. The summed E-state index contributed by atoms with van der Waals surface area (Å²) in [4.78, 5) is 9.48. The highest BCUT2D eigenvalue weighted by atomic mass is 32.2. The molecule has 5 heteroatoms. The van der Waals surface area contributed by atoms with Gasteiger partial charge in [0.2, 0.25) is 0 Å². The van der Waals surface area contributed by atoms with Gasteiger partial charge in [-0.2, -0.15) is 11.8 Å². The summed E-state index contributed by atoms with van der Waals surface area (Å²) in [5.74, 6) is 3.51. The minimum absolute atomic E-state index is 0.462. The number of aryl methyl sites for hydroxylation is 1. The van der Waals surface area contributed by atoms with E-state index in [1.165, 1.54) is 17.9 Å². The Balaban J connectivity index is 2.19. The maximum absolute atomic E-state index is 4.79. The molecule has 1 aliphatic rings. The fourth-order valence-electron chi connectivity index (χ4n) is 2.27. The molecule has 1 saturated heterocycles. The maximum atomic E-state index is 4.79. The molecule has 0 aromatic carbocycles. The minimum Gasteiger partial charge on any atom is -0.311 e. The van der Waals surface area contributed by atoms with Crippen LogP contribution in [0.2, 0.25) is 0 Å². The second-order valence-corrected chi connectivity index (χ2v) is 7.34. The highest BCUT2D eigenvalue weighted by Crippen LogP contribution is 2.42. The lowest BCUT2D eigenvalue weighted by Gasteiger charge is -2.29. The van der Waals surface area contributed by atoms with Crippen molar-refractivity contribution in [3.63, 3.8) is 0 Å². The van der Waals surface area contributed by atoms with Crippen LogP contribution in [0.15, 0.2) is 6.07 Å². The van der Waals surface area contributed by atoms with E-state index in [9.17, 15) is 0 Å². The summed E-state index contributed by atoms with van der Waals surface area (Å²) in [5, 5.41) is 4.47. The Morgan fingerprint density at radius 2 is 2.05 bits per heavy atom. The predicted octanol–water partition coefficient (Wildman–Crippen LogP) is 3.19. The van der Waals surface area contributed by atoms with Crippen molar-refractivity contribution in [2.75, 3.05) is 18.1 Å². The number of aromatic nitrogens is 2. The molecular weight excluding hydrogens is 274 g/mol. The molecular formula is C14H23N3S2. The minimum atomic E-state index is 0.462. The van der Waals surface area contributed by atoms with Crippen LogP contribution in [0.3, 0.4) is 0 Å². The average molecular weight is 297 g/mol. The Labute approximate surface area is 124 Å². The lowest BCUT2D eigenvalue weighted by atomic mass is 10.2. The molecule has 1 aliphatic heterocycles. The number of nitrogens with zero attached hydrogens (tertiary/aromatic N) is 2. The van der Waals surface area contributed by atoms with Crippen LogP contribution in [-0.4, -0.2) is 33.3 Å². The smallest absolute Gasteiger partial charge is 0.142 e. The van der Waals surface area contributed by atoms with E-state index in [0.717, 1.165) is 30.3 Å². The molecule has 3 nitrogen and oxygen atoms in total. The quantitative estimate of drug-likeness (QED) is 0.903. The van der Waals surface area contributed by atoms with E-state index in [4.69, 9.17) is 9.97 Å². The van der Waals surface area contributed by atoms with E-state index in [1.807, 2.05) is 11.8 Å². The lowest BCUT2D eigenvalue weighted by molar-refractivity contribution is 0.685. The van der Waals surface area contributed by atoms with Gasteiger partial charge in [0.25, 0.3) is 0 Å². The molecule has 1 aromatic rings. The van der Waals surface area contributed by atoms with Gasteiger partial charge < -0.3 is 5.32 Å². The lowest BCUT2D eigenvalue weighted by Crippen LogP contribution is -2.22. The van der Waals surface area contributed by atoms with Crippen LogP contribution in [0.1, 0.15) is 42.7 Å². The van der Waals surface area contributed by atoms with Crippen molar-refractivity contribution in [2.24, 2.45) is 0 Å². The van der Waals surface area contributed by atoms with Crippen molar-refractivity contribution in [1.82, 2.24) is 15.3 Å². The summed E-state index contributed by atoms with van der Waals surface area (Å²) in [6.07, 6.45) is 1.20. The van der Waals surface area contributed by atoms with Gasteiger partial charge in [0.15, 0.2) is 0 Å². The molecule has 1 aromatic heterocycles. The van der Waals surface area contributed by atoms with Gasteiger partial charge >= 0.3 is 0 Å². The van der Waals surface area contributed by atoms with Gasteiger partial charge in [-0.1, -0.05) is 13.8 Å². The molecule has 0 aliphatic carbocycles. The number of hydrogen-bond acceptors (Lipinski definition) is 5. The summed E-state index contributed by atoms with van der Waals surface area (Å²) >= 11 is 4.10. The first-order valence-corrected chi connectivity index (χ1v) is 9.12. The Kier molecular flexibility index (Phi) is 5.98. The Morgan fingerprint density at radius 3 is 2.79 bits per heavy atom. The van der Waals surface area contributed by atoms with Gasteiger partial charge in [0.05, 0.1) is 10.9 Å². The van der Waals surface area contributed by atoms with E-state index >= 15 is 0 Å². The van der Waals surface area contributed by atoms with Crippen LogP contribution < -0.4 is 5.32 Å². The zero-order valence-electron chi connectivity index (χ0n) is 12.0. The van der Waals surface area contributed by atoms with E-state index in [1.54, 1.807) is 0 Å². The van der Waals surface area contributed by atoms with Crippen LogP contribution in [-0.2, 0) is 6.54 Å². The number of thioether (sulfide) groups is 2. The topological polar surface area (TPSA) is 37.8 Å². The van der Waals surface area contributed by atoms with Gasteiger partial charge in [-0.15, -0.1) is 11.8 Å².